The highest BCUT2D eigenvalue weighted by atomic mass is 32.1. The fraction of sp³-hybridized carbons (Fsp3) is 0.316. The summed E-state index contributed by atoms with van der Waals surface area (Å²) in [6.45, 7) is 6.18. The molecule has 0 aromatic heterocycles. The summed E-state index contributed by atoms with van der Waals surface area (Å²) in [5, 5.41) is 6.85. The van der Waals surface area contributed by atoms with Crippen molar-refractivity contribution in [2.45, 2.75) is 38.8 Å². The summed E-state index contributed by atoms with van der Waals surface area (Å²) in [6, 6.07) is 12.5. The molecule has 0 saturated heterocycles. The molecule has 5 heteroatoms. The topological polar surface area (TPSA) is 33.3 Å². The fourth-order valence-electron chi connectivity index (χ4n) is 2.99. The van der Waals surface area contributed by atoms with Gasteiger partial charge in [-0.15, -0.1) is 0 Å². The van der Waals surface area contributed by atoms with Gasteiger partial charge in [0.25, 0.3) is 0 Å². The monoisotopic (exact) mass is 344 g/mol. The van der Waals surface area contributed by atoms with Gasteiger partial charge in [-0.05, 0) is 57.3 Å². The van der Waals surface area contributed by atoms with Gasteiger partial charge in [-0.1, -0.05) is 23.8 Å². The summed E-state index contributed by atoms with van der Waals surface area (Å²) in [4.78, 5) is 0. The highest BCUT2D eigenvalue weighted by molar-refractivity contribution is 7.80. The zero-order valence-electron chi connectivity index (χ0n) is 14.0. The minimum atomic E-state index is -0.295. The van der Waals surface area contributed by atoms with Crippen molar-refractivity contribution < 1.29 is 9.13 Å². The zero-order valence-corrected chi connectivity index (χ0v) is 14.8. The van der Waals surface area contributed by atoms with Gasteiger partial charge in [-0.25, -0.2) is 4.39 Å². The Balaban J connectivity index is 1.79. The van der Waals surface area contributed by atoms with Crippen molar-refractivity contribution in [3.8, 4) is 5.75 Å². The molecule has 1 unspecified atom stereocenters. The van der Waals surface area contributed by atoms with E-state index >= 15 is 0 Å². The molecule has 0 aliphatic carbocycles. The minimum Gasteiger partial charge on any atom is -0.487 e. The Labute approximate surface area is 147 Å². The van der Waals surface area contributed by atoms with Crippen molar-refractivity contribution in [1.82, 2.24) is 5.32 Å². The first-order chi connectivity index (χ1) is 11.3. The van der Waals surface area contributed by atoms with E-state index in [1.165, 1.54) is 17.7 Å². The van der Waals surface area contributed by atoms with Crippen LogP contribution in [0.1, 0.15) is 37.4 Å². The minimum absolute atomic E-state index is 0.0391. The average molecular weight is 344 g/mol. The number of ether oxygens (including phenoxy) is 1. The first-order valence-electron chi connectivity index (χ1n) is 7.95. The molecule has 24 heavy (non-hydrogen) atoms. The summed E-state index contributed by atoms with van der Waals surface area (Å²) in [5.74, 6) is 0.582. The van der Waals surface area contributed by atoms with Gasteiger partial charge < -0.3 is 15.4 Å². The molecule has 1 heterocycles. The van der Waals surface area contributed by atoms with Crippen LogP contribution >= 0.6 is 12.2 Å². The highest BCUT2D eigenvalue weighted by Gasteiger charge is 2.34. The van der Waals surface area contributed by atoms with Gasteiger partial charge in [-0.3, -0.25) is 0 Å². The summed E-state index contributed by atoms with van der Waals surface area (Å²) in [7, 11) is 0. The molecule has 0 bridgehead atoms. The number of benzene rings is 2. The lowest BCUT2D eigenvalue weighted by atomic mass is 9.89. The summed E-state index contributed by atoms with van der Waals surface area (Å²) in [5.41, 5.74) is 2.61. The van der Waals surface area contributed by atoms with Crippen LogP contribution in [0.5, 0.6) is 5.75 Å². The van der Waals surface area contributed by atoms with Gasteiger partial charge >= 0.3 is 0 Å². The van der Waals surface area contributed by atoms with Crippen LogP contribution in [0.4, 0.5) is 10.1 Å². The van der Waals surface area contributed by atoms with Crippen molar-refractivity contribution in [1.29, 1.82) is 0 Å². The lowest BCUT2D eigenvalue weighted by Gasteiger charge is -2.38. The number of fused-ring (bicyclic) bond motifs is 1. The molecule has 2 N–H and O–H groups in total. The van der Waals surface area contributed by atoms with Gasteiger partial charge in [0.2, 0.25) is 0 Å². The molecule has 0 radical (unpaired) electrons. The highest BCUT2D eigenvalue weighted by Crippen LogP contribution is 2.39. The number of aryl methyl sites for hydroxylation is 1. The number of rotatable bonds is 2. The molecule has 1 aliphatic rings. The van der Waals surface area contributed by atoms with Crippen LogP contribution in [0.25, 0.3) is 0 Å². The van der Waals surface area contributed by atoms with Gasteiger partial charge in [0.05, 0.1) is 6.04 Å². The fourth-order valence-corrected chi connectivity index (χ4v) is 3.25. The molecule has 3 rings (SSSR count). The number of anilines is 1. The van der Waals surface area contributed by atoms with Crippen molar-refractivity contribution in [3.63, 3.8) is 0 Å². The number of halogens is 1. The Morgan fingerprint density at radius 3 is 2.79 bits per heavy atom. The maximum Gasteiger partial charge on any atom is 0.171 e. The molecule has 2 aromatic rings. The van der Waals surface area contributed by atoms with Crippen molar-refractivity contribution in [2.75, 3.05) is 5.32 Å². The lowest BCUT2D eigenvalue weighted by Crippen LogP contribution is -2.42. The Morgan fingerprint density at radius 1 is 1.25 bits per heavy atom. The molecular formula is C19H21FN2OS. The molecule has 0 amide bonds. The van der Waals surface area contributed by atoms with E-state index in [0.717, 1.165) is 17.7 Å². The Morgan fingerprint density at radius 2 is 2.04 bits per heavy atom. The molecule has 2 aromatic carbocycles. The number of hydrogen-bond donors (Lipinski definition) is 2. The summed E-state index contributed by atoms with van der Waals surface area (Å²) >= 11 is 5.41. The molecule has 1 aliphatic heterocycles. The Kier molecular flexibility index (Phi) is 4.45. The number of nitrogens with one attached hydrogen (secondary N) is 2. The normalized spacial score (nSPS) is 18.2. The Hall–Kier alpha value is -2.14. The molecule has 126 valence electrons. The lowest BCUT2D eigenvalue weighted by molar-refractivity contribution is 0.0696. The SMILES string of the molecule is Cc1ccc2c(c1)C(NC(=S)Nc1cccc(F)c1)CC(C)(C)O2. The van der Waals surface area contributed by atoms with Crippen molar-refractivity contribution in [2.24, 2.45) is 0 Å². The number of hydrogen-bond acceptors (Lipinski definition) is 2. The number of thiocarbonyl (C=S) groups is 1. The molecule has 0 fully saturated rings. The summed E-state index contributed by atoms with van der Waals surface area (Å²) < 4.78 is 19.4. The van der Waals surface area contributed by atoms with Gasteiger partial charge in [0.15, 0.2) is 5.11 Å². The van der Waals surface area contributed by atoms with Gasteiger partial charge in [-0.2, -0.15) is 0 Å². The maximum absolute atomic E-state index is 13.3. The first kappa shape index (κ1) is 16.7. The van der Waals surface area contributed by atoms with Crippen LogP contribution in [0.3, 0.4) is 0 Å². The van der Waals surface area contributed by atoms with Gasteiger partial charge in [0.1, 0.15) is 17.2 Å². The average Bonchev–Trinajstić information content (AvgIpc) is 2.47. The predicted octanol–water partition coefficient (Wildman–Crippen LogP) is 4.72. The van der Waals surface area contributed by atoms with Crippen LogP contribution in [-0.2, 0) is 0 Å². The molecule has 0 saturated carbocycles. The first-order valence-corrected chi connectivity index (χ1v) is 8.36. The van der Waals surface area contributed by atoms with E-state index in [1.54, 1.807) is 12.1 Å². The van der Waals surface area contributed by atoms with E-state index in [-0.39, 0.29) is 17.5 Å². The van der Waals surface area contributed by atoms with Crippen LogP contribution < -0.4 is 15.4 Å². The van der Waals surface area contributed by atoms with E-state index in [9.17, 15) is 4.39 Å². The Bertz CT molecular complexity index is 776. The van der Waals surface area contributed by atoms with Gasteiger partial charge in [0, 0.05) is 17.7 Å². The van der Waals surface area contributed by atoms with E-state index in [1.807, 2.05) is 12.1 Å². The van der Waals surface area contributed by atoms with E-state index < -0.39 is 0 Å². The standard InChI is InChI=1S/C19H21FN2OS/c1-12-7-8-17-15(9-12)16(11-19(2,3)23-17)22-18(24)21-14-6-4-5-13(20)10-14/h4-10,16H,11H2,1-3H3,(H2,21,22,24). The van der Waals surface area contributed by atoms with Crippen LogP contribution in [0.2, 0.25) is 0 Å². The summed E-state index contributed by atoms with van der Waals surface area (Å²) in [6.07, 6.45) is 0.786. The molecule has 0 spiro atoms. The third kappa shape index (κ3) is 3.85. The third-order valence-electron chi connectivity index (χ3n) is 4.01. The van der Waals surface area contributed by atoms with Crippen LogP contribution in [0, 0.1) is 12.7 Å². The van der Waals surface area contributed by atoms with E-state index in [4.69, 9.17) is 17.0 Å². The zero-order chi connectivity index (χ0) is 17.3. The predicted molar refractivity (Wildman–Crippen MR) is 99.0 cm³/mol. The second-order valence-electron chi connectivity index (χ2n) is 6.77. The van der Waals surface area contributed by atoms with Crippen LogP contribution in [-0.4, -0.2) is 10.7 Å². The largest absolute Gasteiger partial charge is 0.487 e. The van der Waals surface area contributed by atoms with Crippen LogP contribution in [0.15, 0.2) is 42.5 Å². The second kappa shape index (κ2) is 6.40. The molecular weight excluding hydrogens is 323 g/mol. The maximum atomic E-state index is 13.3. The second-order valence-corrected chi connectivity index (χ2v) is 7.18. The van der Waals surface area contributed by atoms with E-state index in [2.05, 4.69) is 37.5 Å². The third-order valence-corrected chi connectivity index (χ3v) is 4.23. The van der Waals surface area contributed by atoms with Crippen molar-refractivity contribution in [3.05, 3.63) is 59.4 Å². The molecule has 1 atom stereocenters. The van der Waals surface area contributed by atoms with E-state index in [0.29, 0.717) is 10.8 Å². The molecule has 3 nitrogen and oxygen atoms in total. The quantitative estimate of drug-likeness (QED) is 0.772. The smallest absolute Gasteiger partial charge is 0.171 e. The van der Waals surface area contributed by atoms with Crippen molar-refractivity contribution >= 4 is 23.0 Å².